The fraction of sp³-hybridized carbons (Fsp3) is 0.0833. The summed E-state index contributed by atoms with van der Waals surface area (Å²) in [7, 11) is 0. The largest absolute Gasteiger partial charge is 0.365 e. The Morgan fingerprint density at radius 2 is 2.12 bits per heavy atom. The smallest absolute Gasteiger partial charge is 0.163 e. The number of hydrogen-bond donors (Lipinski definition) is 1. The fourth-order valence-corrected chi connectivity index (χ4v) is 1.33. The number of benzene rings is 1. The van der Waals surface area contributed by atoms with Gasteiger partial charge in [0.2, 0.25) is 0 Å². The summed E-state index contributed by atoms with van der Waals surface area (Å²) in [5, 5.41) is 19.0. The first kappa shape index (κ1) is 11.0. The van der Waals surface area contributed by atoms with E-state index in [2.05, 4.69) is 15.5 Å². The molecule has 0 aliphatic carbocycles. The summed E-state index contributed by atoms with van der Waals surface area (Å²) in [5.74, 6) is 0.281. The van der Waals surface area contributed by atoms with Gasteiger partial charge in [-0.1, -0.05) is 12.1 Å². The van der Waals surface area contributed by atoms with Crippen LogP contribution in [0.3, 0.4) is 0 Å². The Labute approximate surface area is 97.7 Å². The van der Waals surface area contributed by atoms with Crippen molar-refractivity contribution in [2.75, 3.05) is 5.32 Å². The van der Waals surface area contributed by atoms with E-state index in [-0.39, 0.29) is 11.5 Å². The molecule has 1 aromatic heterocycles. The Bertz CT molecular complexity index is 545. The standard InChI is InChI=1S/C12H9FN4/c13-10-3-1-2-9(6-10)8-15-12-5-4-11(7-14)16-17-12/h1-6H,8H2,(H,15,17). The maximum atomic E-state index is 12.9. The zero-order valence-electron chi connectivity index (χ0n) is 8.89. The third kappa shape index (κ3) is 2.98. The first-order chi connectivity index (χ1) is 8.28. The van der Waals surface area contributed by atoms with Crippen molar-refractivity contribution in [3.8, 4) is 6.07 Å². The van der Waals surface area contributed by atoms with Gasteiger partial charge >= 0.3 is 0 Å². The Balaban J connectivity index is 2.00. The molecule has 0 atom stereocenters. The molecule has 0 aliphatic heterocycles. The fourth-order valence-electron chi connectivity index (χ4n) is 1.33. The summed E-state index contributed by atoms with van der Waals surface area (Å²) in [6.45, 7) is 0.457. The van der Waals surface area contributed by atoms with Crippen molar-refractivity contribution >= 4 is 5.82 Å². The normalized spacial score (nSPS) is 9.65. The molecule has 0 saturated carbocycles. The summed E-state index contributed by atoms with van der Waals surface area (Å²) in [6.07, 6.45) is 0. The highest BCUT2D eigenvalue weighted by Crippen LogP contribution is 2.07. The third-order valence-corrected chi connectivity index (χ3v) is 2.14. The predicted octanol–water partition coefficient (Wildman–Crippen LogP) is 2.10. The zero-order chi connectivity index (χ0) is 12.1. The van der Waals surface area contributed by atoms with E-state index < -0.39 is 0 Å². The van der Waals surface area contributed by atoms with E-state index >= 15 is 0 Å². The molecule has 84 valence electrons. The summed E-state index contributed by atoms with van der Waals surface area (Å²) in [5.41, 5.74) is 1.08. The lowest BCUT2D eigenvalue weighted by Crippen LogP contribution is -2.02. The van der Waals surface area contributed by atoms with E-state index in [4.69, 9.17) is 5.26 Å². The van der Waals surface area contributed by atoms with Crippen molar-refractivity contribution < 1.29 is 4.39 Å². The van der Waals surface area contributed by atoms with Crippen LogP contribution < -0.4 is 5.32 Å². The van der Waals surface area contributed by atoms with Gasteiger partial charge in [-0.3, -0.25) is 0 Å². The maximum Gasteiger partial charge on any atom is 0.163 e. The number of anilines is 1. The maximum absolute atomic E-state index is 12.9. The van der Waals surface area contributed by atoms with Gasteiger partial charge in [0.05, 0.1) is 0 Å². The van der Waals surface area contributed by atoms with Crippen molar-refractivity contribution in [2.45, 2.75) is 6.54 Å². The summed E-state index contributed by atoms with van der Waals surface area (Å²) in [4.78, 5) is 0. The highest BCUT2D eigenvalue weighted by molar-refractivity contribution is 5.36. The summed E-state index contributed by atoms with van der Waals surface area (Å²) >= 11 is 0. The Morgan fingerprint density at radius 3 is 2.76 bits per heavy atom. The monoisotopic (exact) mass is 228 g/mol. The van der Waals surface area contributed by atoms with Gasteiger partial charge in [-0.2, -0.15) is 5.26 Å². The van der Waals surface area contributed by atoms with Crippen LogP contribution in [0.2, 0.25) is 0 Å². The van der Waals surface area contributed by atoms with E-state index in [1.165, 1.54) is 12.1 Å². The summed E-state index contributed by atoms with van der Waals surface area (Å²) in [6, 6.07) is 11.4. The molecule has 0 amide bonds. The molecule has 0 unspecified atom stereocenters. The molecular weight excluding hydrogens is 219 g/mol. The van der Waals surface area contributed by atoms with E-state index in [1.54, 1.807) is 18.2 Å². The van der Waals surface area contributed by atoms with E-state index in [1.807, 2.05) is 12.1 Å². The van der Waals surface area contributed by atoms with Crippen LogP contribution in [0.5, 0.6) is 0 Å². The van der Waals surface area contributed by atoms with Crippen molar-refractivity contribution in [3.63, 3.8) is 0 Å². The third-order valence-electron chi connectivity index (χ3n) is 2.14. The molecular formula is C12H9FN4. The highest BCUT2D eigenvalue weighted by atomic mass is 19.1. The molecule has 0 aliphatic rings. The Hall–Kier alpha value is -2.48. The van der Waals surface area contributed by atoms with Crippen LogP contribution in [-0.2, 0) is 6.54 Å². The molecule has 2 aromatic rings. The average Bonchev–Trinajstić information content (AvgIpc) is 2.37. The first-order valence-corrected chi connectivity index (χ1v) is 5.00. The van der Waals surface area contributed by atoms with E-state index in [0.717, 1.165) is 5.56 Å². The van der Waals surface area contributed by atoms with Crippen molar-refractivity contribution in [2.24, 2.45) is 0 Å². The van der Waals surface area contributed by atoms with Crippen LogP contribution in [0.15, 0.2) is 36.4 Å². The average molecular weight is 228 g/mol. The predicted molar refractivity (Wildman–Crippen MR) is 60.5 cm³/mol. The van der Waals surface area contributed by atoms with Gasteiger partial charge in [0.15, 0.2) is 5.69 Å². The van der Waals surface area contributed by atoms with E-state index in [9.17, 15) is 4.39 Å². The van der Waals surface area contributed by atoms with Crippen LogP contribution in [0, 0.1) is 17.1 Å². The molecule has 0 spiro atoms. The number of nitrogens with one attached hydrogen (secondary N) is 1. The second kappa shape index (κ2) is 5.03. The molecule has 1 N–H and O–H groups in total. The molecule has 0 saturated heterocycles. The van der Waals surface area contributed by atoms with Crippen molar-refractivity contribution in [1.29, 1.82) is 5.26 Å². The van der Waals surface area contributed by atoms with Gasteiger partial charge in [0.25, 0.3) is 0 Å². The molecule has 2 rings (SSSR count). The number of nitriles is 1. The molecule has 1 heterocycles. The number of nitrogens with zero attached hydrogens (tertiary/aromatic N) is 3. The number of aromatic nitrogens is 2. The van der Waals surface area contributed by atoms with Crippen molar-refractivity contribution in [3.05, 3.63) is 53.5 Å². The van der Waals surface area contributed by atoms with Gasteiger partial charge in [-0.05, 0) is 29.8 Å². The number of rotatable bonds is 3. The molecule has 0 radical (unpaired) electrons. The second-order valence-corrected chi connectivity index (χ2v) is 3.40. The van der Waals surface area contributed by atoms with Gasteiger partial charge in [0, 0.05) is 6.54 Å². The summed E-state index contributed by atoms with van der Waals surface area (Å²) < 4.78 is 12.9. The van der Waals surface area contributed by atoms with Crippen LogP contribution in [0.4, 0.5) is 10.2 Å². The quantitative estimate of drug-likeness (QED) is 0.873. The zero-order valence-corrected chi connectivity index (χ0v) is 8.89. The molecule has 0 bridgehead atoms. The van der Waals surface area contributed by atoms with Gasteiger partial charge < -0.3 is 5.32 Å². The molecule has 5 heteroatoms. The first-order valence-electron chi connectivity index (χ1n) is 5.00. The van der Waals surface area contributed by atoms with Gasteiger partial charge in [-0.15, -0.1) is 10.2 Å². The van der Waals surface area contributed by atoms with Crippen LogP contribution in [0.25, 0.3) is 0 Å². The molecule has 4 nitrogen and oxygen atoms in total. The molecule has 17 heavy (non-hydrogen) atoms. The van der Waals surface area contributed by atoms with Crippen LogP contribution in [0.1, 0.15) is 11.3 Å². The van der Waals surface area contributed by atoms with Gasteiger partial charge in [-0.25, -0.2) is 4.39 Å². The number of halogens is 1. The lowest BCUT2D eigenvalue weighted by atomic mass is 10.2. The second-order valence-electron chi connectivity index (χ2n) is 3.40. The lowest BCUT2D eigenvalue weighted by Gasteiger charge is -2.04. The topological polar surface area (TPSA) is 61.6 Å². The minimum atomic E-state index is -0.268. The van der Waals surface area contributed by atoms with Crippen molar-refractivity contribution in [1.82, 2.24) is 10.2 Å². The lowest BCUT2D eigenvalue weighted by molar-refractivity contribution is 0.626. The van der Waals surface area contributed by atoms with E-state index in [0.29, 0.717) is 12.4 Å². The Kier molecular flexibility index (Phi) is 3.26. The SMILES string of the molecule is N#Cc1ccc(NCc2cccc(F)c2)nn1. The minimum absolute atomic E-state index is 0.265. The highest BCUT2D eigenvalue weighted by Gasteiger charge is 1.98. The number of hydrogen-bond acceptors (Lipinski definition) is 4. The molecule has 0 fully saturated rings. The van der Waals surface area contributed by atoms with Crippen LogP contribution >= 0.6 is 0 Å². The van der Waals surface area contributed by atoms with Gasteiger partial charge in [0.1, 0.15) is 17.7 Å². The Morgan fingerprint density at radius 1 is 1.24 bits per heavy atom. The molecule has 1 aromatic carbocycles. The van der Waals surface area contributed by atoms with Crippen LogP contribution in [-0.4, -0.2) is 10.2 Å². The minimum Gasteiger partial charge on any atom is -0.365 e.